The summed E-state index contributed by atoms with van der Waals surface area (Å²) in [7, 11) is 0. The van der Waals surface area contributed by atoms with Crippen LogP contribution in [0, 0.1) is 0 Å². The van der Waals surface area contributed by atoms with E-state index in [1.54, 1.807) is 30.3 Å². The van der Waals surface area contributed by atoms with Crippen LogP contribution < -0.4 is 15.5 Å². The molecule has 0 saturated carbocycles. The Labute approximate surface area is 239 Å². The van der Waals surface area contributed by atoms with E-state index >= 15 is 0 Å². The Kier molecular flexibility index (Phi) is 8.53. The van der Waals surface area contributed by atoms with Crippen LogP contribution in [0.25, 0.3) is 11.3 Å². The van der Waals surface area contributed by atoms with Crippen LogP contribution in [0.15, 0.2) is 108 Å². The number of carbonyl (C=O) groups is 1. The number of hydrogen-bond acceptors (Lipinski definition) is 6. The number of benzene rings is 4. The summed E-state index contributed by atoms with van der Waals surface area (Å²) in [5, 5.41) is 11.3. The van der Waals surface area contributed by atoms with Crippen molar-refractivity contribution < 1.29 is 9.53 Å². The number of thiazole rings is 1. The molecule has 0 aliphatic heterocycles. The zero-order chi connectivity index (χ0) is 27.0. The maximum absolute atomic E-state index is 12.7. The molecular formula is C30H22Cl2N4O2S. The van der Waals surface area contributed by atoms with E-state index in [2.05, 4.69) is 20.8 Å². The van der Waals surface area contributed by atoms with Gasteiger partial charge in [-0.05, 0) is 48.5 Å². The summed E-state index contributed by atoms with van der Waals surface area (Å²) in [5.41, 5.74) is 7.21. The molecule has 0 aliphatic rings. The minimum Gasteiger partial charge on any atom is -0.488 e. The lowest BCUT2D eigenvalue weighted by atomic mass is 10.1. The standard InChI is InChI=1S/C30H22Cl2N4O2S/c31-24-14-15-28(38-18-22-6-4-5-9-26(22)32)23(16-24)17-33-36-29(37)21-12-10-20(11-13-21)27-19-39-30(35-27)34-25-7-2-1-3-8-25/h1-17,19H,18H2,(H,34,35)(H,36,37)/b33-17-. The van der Waals surface area contributed by atoms with Crippen molar-refractivity contribution in [3.8, 4) is 17.0 Å². The highest BCUT2D eigenvalue weighted by molar-refractivity contribution is 7.14. The highest BCUT2D eigenvalue weighted by Crippen LogP contribution is 2.27. The van der Waals surface area contributed by atoms with Crippen LogP contribution >= 0.6 is 34.5 Å². The van der Waals surface area contributed by atoms with Crippen LogP contribution in [-0.2, 0) is 6.61 Å². The molecule has 0 spiro atoms. The molecular weight excluding hydrogens is 551 g/mol. The molecule has 39 heavy (non-hydrogen) atoms. The summed E-state index contributed by atoms with van der Waals surface area (Å²) < 4.78 is 5.93. The average molecular weight is 574 g/mol. The molecule has 1 aromatic heterocycles. The lowest BCUT2D eigenvalue weighted by molar-refractivity contribution is 0.0955. The SMILES string of the molecule is O=C(N/N=C\c1cc(Cl)ccc1OCc1ccccc1Cl)c1ccc(-c2csc(Nc3ccccc3)n2)cc1. The number of ether oxygens (including phenoxy) is 1. The van der Waals surface area contributed by atoms with Crippen molar-refractivity contribution in [3.63, 3.8) is 0 Å². The number of halogens is 2. The van der Waals surface area contributed by atoms with Gasteiger partial charge in [-0.3, -0.25) is 4.79 Å². The van der Waals surface area contributed by atoms with Crippen LogP contribution in [0.3, 0.4) is 0 Å². The third-order valence-corrected chi connectivity index (χ3v) is 7.02. The minimum atomic E-state index is -0.344. The summed E-state index contributed by atoms with van der Waals surface area (Å²) in [5.74, 6) is 0.217. The Balaban J connectivity index is 1.20. The van der Waals surface area contributed by atoms with Gasteiger partial charge in [0, 0.05) is 43.4 Å². The van der Waals surface area contributed by atoms with Gasteiger partial charge < -0.3 is 10.1 Å². The number of nitrogens with zero attached hydrogens (tertiary/aromatic N) is 2. The lowest BCUT2D eigenvalue weighted by Crippen LogP contribution is -2.17. The van der Waals surface area contributed by atoms with Gasteiger partial charge in [0.1, 0.15) is 12.4 Å². The number of anilines is 2. The summed E-state index contributed by atoms with van der Waals surface area (Å²) in [6.07, 6.45) is 1.50. The molecule has 9 heteroatoms. The second-order valence-electron chi connectivity index (χ2n) is 8.37. The van der Waals surface area contributed by atoms with E-state index < -0.39 is 0 Å². The monoisotopic (exact) mass is 572 g/mol. The molecule has 5 aromatic rings. The highest BCUT2D eigenvalue weighted by atomic mass is 35.5. The van der Waals surface area contributed by atoms with Crippen molar-refractivity contribution in [1.29, 1.82) is 0 Å². The number of rotatable bonds is 9. The van der Waals surface area contributed by atoms with Crippen molar-refractivity contribution in [1.82, 2.24) is 10.4 Å². The van der Waals surface area contributed by atoms with Crippen LogP contribution in [0.4, 0.5) is 10.8 Å². The molecule has 0 atom stereocenters. The molecule has 1 heterocycles. The lowest BCUT2D eigenvalue weighted by Gasteiger charge is -2.10. The van der Waals surface area contributed by atoms with Gasteiger partial charge in [0.25, 0.3) is 5.91 Å². The van der Waals surface area contributed by atoms with Gasteiger partial charge in [-0.25, -0.2) is 10.4 Å². The third-order valence-electron chi connectivity index (χ3n) is 5.65. The summed E-state index contributed by atoms with van der Waals surface area (Å²) in [6.45, 7) is 0.281. The Bertz CT molecular complexity index is 1610. The first-order chi connectivity index (χ1) is 19.0. The molecule has 6 nitrogen and oxygen atoms in total. The number of amides is 1. The van der Waals surface area contributed by atoms with Gasteiger partial charge in [0.15, 0.2) is 5.13 Å². The second kappa shape index (κ2) is 12.6. The minimum absolute atomic E-state index is 0.281. The van der Waals surface area contributed by atoms with E-state index in [1.165, 1.54) is 17.6 Å². The van der Waals surface area contributed by atoms with Crippen molar-refractivity contribution >= 4 is 57.5 Å². The van der Waals surface area contributed by atoms with E-state index in [9.17, 15) is 4.79 Å². The third kappa shape index (κ3) is 7.03. The highest BCUT2D eigenvalue weighted by Gasteiger charge is 2.09. The predicted octanol–water partition coefficient (Wildman–Crippen LogP) is 8.20. The van der Waals surface area contributed by atoms with E-state index in [4.69, 9.17) is 27.9 Å². The zero-order valence-corrected chi connectivity index (χ0v) is 22.8. The number of carbonyl (C=O) groups excluding carboxylic acids is 1. The van der Waals surface area contributed by atoms with E-state index in [-0.39, 0.29) is 12.5 Å². The summed E-state index contributed by atoms with van der Waals surface area (Å²) in [4.78, 5) is 17.3. The molecule has 0 fully saturated rings. The second-order valence-corrected chi connectivity index (χ2v) is 10.1. The van der Waals surface area contributed by atoms with E-state index in [0.717, 1.165) is 27.6 Å². The quantitative estimate of drug-likeness (QED) is 0.138. The number of para-hydroxylation sites is 1. The average Bonchev–Trinajstić information content (AvgIpc) is 3.42. The number of aromatic nitrogens is 1. The molecule has 194 valence electrons. The molecule has 1 amide bonds. The topological polar surface area (TPSA) is 75.6 Å². The first-order valence-electron chi connectivity index (χ1n) is 11.9. The van der Waals surface area contributed by atoms with Gasteiger partial charge in [-0.2, -0.15) is 5.10 Å². The van der Waals surface area contributed by atoms with Gasteiger partial charge in [-0.1, -0.05) is 71.7 Å². The maximum atomic E-state index is 12.7. The first-order valence-corrected chi connectivity index (χ1v) is 13.6. The summed E-state index contributed by atoms with van der Waals surface area (Å²) in [6, 6.07) is 29.7. The Morgan fingerprint density at radius 2 is 1.72 bits per heavy atom. The van der Waals surface area contributed by atoms with Gasteiger partial charge in [0.2, 0.25) is 0 Å². The molecule has 0 radical (unpaired) electrons. The van der Waals surface area contributed by atoms with Crippen LogP contribution in [-0.4, -0.2) is 17.1 Å². The molecule has 0 unspecified atom stereocenters. The smallest absolute Gasteiger partial charge is 0.271 e. The maximum Gasteiger partial charge on any atom is 0.271 e. The number of nitrogens with one attached hydrogen (secondary N) is 2. The fourth-order valence-corrected chi connectivity index (χ4v) is 4.76. The fourth-order valence-electron chi connectivity index (χ4n) is 3.65. The normalized spacial score (nSPS) is 10.9. The van der Waals surface area contributed by atoms with Crippen LogP contribution in [0.2, 0.25) is 10.0 Å². The van der Waals surface area contributed by atoms with Crippen molar-refractivity contribution in [3.05, 3.63) is 129 Å². The molecule has 0 saturated heterocycles. The van der Waals surface area contributed by atoms with Gasteiger partial charge in [-0.15, -0.1) is 11.3 Å². The molecule has 5 rings (SSSR count). The molecule has 0 bridgehead atoms. The Hall–Kier alpha value is -4.17. The van der Waals surface area contributed by atoms with Crippen molar-refractivity contribution in [2.75, 3.05) is 5.32 Å². The molecule has 0 aliphatic carbocycles. The Morgan fingerprint density at radius 3 is 2.51 bits per heavy atom. The van der Waals surface area contributed by atoms with Crippen molar-refractivity contribution in [2.24, 2.45) is 5.10 Å². The largest absolute Gasteiger partial charge is 0.488 e. The molecule has 4 aromatic carbocycles. The Morgan fingerprint density at radius 1 is 0.949 bits per heavy atom. The fraction of sp³-hybridized carbons (Fsp3) is 0.0333. The predicted molar refractivity (Wildman–Crippen MR) is 160 cm³/mol. The first kappa shape index (κ1) is 26.4. The number of hydrazone groups is 1. The molecule has 2 N–H and O–H groups in total. The van der Waals surface area contributed by atoms with E-state index in [1.807, 2.05) is 72.1 Å². The number of hydrogen-bond donors (Lipinski definition) is 2. The summed E-state index contributed by atoms with van der Waals surface area (Å²) >= 11 is 13.9. The van der Waals surface area contributed by atoms with Gasteiger partial charge >= 0.3 is 0 Å². The van der Waals surface area contributed by atoms with Crippen molar-refractivity contribution in [2.45, 2.75) is 6.61 Å². The van der Waals surface area contributed by atoms with Crippen LogP contribution in [0.5, 0.6) is 5.75 Å². The van der Waals surface area contributed by atoms with E-state index in [0.29, 0.717) is 26.9 Å². The van der Waals surface area contributed by atoms with Gasteiger partial charge in [0.05, 0.1) is 11.9 Å². The van der Waals surface area contributed by atoms with Crippen LogP contribution in [0.1, 0.15) is 21.5 Å². The zero-order valence-electron chi connectivity index (χ0n) is 20.5.